The third-order valence-corrected chi connectivity index (χ3v) is 4.51. The average molecular weight is 298 g/mol. The van der Waals surface area contributed by atoms with E-state index in [0.717, 1.165) is 31.6 Å². The molecule has 0 amide bonds. The first-order valence-corrected chi connectivity index (χ1v) is 8.19. The molecule has 0 fully saturated rings. The fourth-order valence-electron chi connectivity index (χ4n) is 3.10. The van der Waals surface area contributed by atoms with Crippen LogP contribution in [0.1, 0.15) is 51.2 Å². The molecule has 0 unspecified atom stereocenters. The Kier molecular flexibility index (Phi) is 5.48. The van der Waals surface area contributed by atoms with Crippen LogP contribution in [0.15, 0.2) is 48.5 Å². The van der Waals surface area contributed by atoms with E-state index < -0.39 is 0 Å². The summed E-state index contributed by atoms with van der Waals surface area (Å²) in [6, 6.07) is 16.1. The van der Waals surface area contributed by atoms with Crippen molar-refractivity contribution in [3.8, 4) is 11.5 Å². The van der Waals surface area contributed by atoms with Crippen LogP contribution in [-0.2, 0) is 5.41 Å². The minimum atomic E-state index is -0.0169. The molecule has 0 aliphatic carbocycles. The van der Waals surface area contributed by atoms with E-state index in [2.05, 4.69) is 45.0 Å². The highest BCUT2D eigenvalue weighted by Gasteiger charge is 2.30. The summed E-state index contributed by atoms with van der Waals surface area (Å²) in [6.07, 6.45) is 3.05. The highest BCUT2D eigenvalue weighted by atomic mass is 16.5. The van der Waals surface area contributed by atoms with E-state index in [-0.39, 0.29) is 5.41 Å². The molecule has 2 rings (SSSR count). The summed E-state index contributed by atoms with van der Waals surface area (Å²) in [6.45, 7) is 7.30. The van der Waals surface area contributed by atoms with Crippen LogP contribution in [0.3, 0.4) is 0 Å². The van der Waals surface area contributed by atoms with Crippen LogP contribution in [-0.4, -0.2) is 11.7 Å². The molecule has 0 saturated heterocycles. The summed E-state index contributed by atoms with van der Waals surface area (Å²) in [7, 11) is 0. The molecule has 0 aromatic heterocycles. The molecule has 0 spiro atoms. The van der Waals surface area contributed by atoms with Gasteiger partial charge < -0.3 is 9.84 Å². The molecule has 118 valence electrons. The van der Waals surface area contributed by atoms with Crippen LogP contribution < -0.4 is 4.74 Å². The van der Waals surface area contributed by atoms with Crippen LogP contribution in [0.5, 0.6) is 11.5 Å². The minimum absolute atomic E-state index is 0.0169. The van der Waals surface area contributed by atoms with Crippen molar-refractivity contribution in [2.75, 3.05) is 6.61 Å². The van der Waals surface area contributed by atoms with Crippen LogP contribution in [0.4, 0.5) is 0 Å². The number of aromatic hydroxyl groups is 1. The van der Waals surface area contributed by atoms with Gasteiger partial charge >= 0.3 is 0 Å². The van der Waals surface area contributed by atoms with Gasteiger partial charge in [0.05, 0.1) is 6.61 Å². The van der Waals surface area contributed by atoms with E-state index in [9.17, 15) is 5.11 Å². The Labute approximate surface area is 133 Å². The van der Waals surface area contributed by atoms with Gasteiger partial charge in [0.25, 0.3) is 0 Å². The van der Waals surface area contributed by atoms with Gasteiger partial charge in [0.2, 0.25) is 0 Å². The molecule has 22 heavy (non-hydrogen) atoms. The minimum Gasteiger partial charge on any atom is -0.508 e. The number of hydrogen-bond donors (Lipinski definition) is 1. The molecule has 2 nitrogen and oxygen atoms in total. The average Bonchev–Trinajstić information content (AvgIpc) is 2.57. The normalized spacial score (nSPS) is 11.4. The molecule has 0 radical (unpaired) electrons. The lowest BCUT2D eigenvalue weighted by Crippen LogP contribution is -2.25. The van der Waals surface area contributed by atoms with Gasteiger partial charge in [0.1, 0.15) is 11.5 Å². The first-order chi connectivity index (χ1) is 10.7. The summed E-state index contributed by atoms with van der Waals surface area (Å²) >= 11 is 0. The first-order valence-electron chi connectivity index (χ1n) is 8.19. The lowest BCUT2D eigenvalue weighted by Gasteiger charge is -2.33. The predicted molar refractivity (Wildman–Crippen MR) is 91.7 cm³/mol. The van der Waals surface area contributed by atoms with Gasteiger partial charge in [-0.1, -0.05) is 45.0 Å². The molecule has 0 bridgehead atoms. The van der Waals surface area contributed by atoms with Gasteiger partial charge in [0.15, 0.2) is 0 Å². The zero-order valence-corrected chi connectivity index (χ0v) is 13.8. The summed E-state index contributed by atoms with van der Waals surface area (Å²) < 4.78 is 5.68. The van der Waals surface area contributed by atoms with Gasteiger partial charge in [-0.15, -0.1) is 0 Å². The van der Waals surface area contributed by atoms with Crippen molar-refractivity contribution in [1.29, 1.82) is 0 Å². The van der Waals surface area contributed by atoms with Crippen molar-refractivity contribution in [1.82, 2.24) is 0 Å². The van der Waals surface area contributed by atoms with Gasteiger partial charge in [-0.2, -0.15) is 0 Å². The van der Waals surface area contributed by atoms with Crippen molar-refractivity contribution in [3.63, 3.8) is 0 Å². The van der Waals surface area contributed by atoms with Crippen molar-refractivity contribution in [2.24, 2.45) is 0 Å². The topological polar surface area (TPSA) is 29.5 Å². The fraction of sp³-hybridized carbons (Fsp3) is 0.400. The fourth-order valence-corrected chi connectivity index (χ4v) is 3.10. The third-order valence-electron chi connectivity index (χ3n) is 4.51. The summed E-state index contributed by atoms with van der Waals surface area (Å²) in [4.78, 5) is 0. The number of hydrogen-bond acceptors (Lipinski definition) is 2. The Morgan fingerprint density at radius 1 is 0.818 bits per heavy atom. The molecular weight excluding hydrogens is 272 g/mol. The Morgan fingerprint density at radius 3 is 1.77 bits per heavy atom. The molecule has 0 saturated carbocycles. The van der Waals surface area contributed by atoms with E-state index in [1.807, 2.05) is 12.1 Å². The monoisotopic (exact) mass is 298 g/mol. The maximum Gasteiger partial charge on any atom is 0.119 e. The highest BCUT2D eigenvalue weighted by Crippen LogP contribution is 2.39. The Hall–Kier alpha value is -1.96. The maximum absolute atomic E-state index is 9.54. The second kappa shape index (κ2) is 7.35. The largest absolute Gasteiger partial charge is 0.508 e. The van der Waals surface area contributed by atoms with Crippen molar-refractivity contribution >= 4 is 0 Å². The van der Waals surface area contributed by atoms with Crippen LogP contribution in [0, 0.1) is 0 Å². The molecular formula is C20H26O2. The van der Waals surface area contributed by atoms with Gasteiger partial charge in [-0.25, -0.2) is 0 Å². The first kappa shape index (κ1) is 16.4. The molecule has 2 heteroatoms. The lowest BCUT2D eigenvalue weighted by atomic mass is 9.70. The quantitative estimate of drug-likeness (QED) is 0.753. The number of rotatable bonds is 7. The molecule has 0 aliphatic heterocycles. The number of phenolic OH excluding ortho intramolecular Hbond substituents is 1. The predicted octanol–water partition coefficient (Wildman–Crippen LogP) is 5.29. The van der Waals surface area contributed by atoms with E-state index in [0.29, 0.717) is 5.75 Å². The second-order valence-electron chi connectivity index (χ2n) is 5.71. The van der Waals surface area contributed by atoms with E-state index in [1.165, 1.54) is 11.1 Å². The number of phenols is 1. The van der Waals surface area contributed by atoms with E-state index >= 15 is 0 Å². The summed E-state index contributed by atoms with van der Waals surface area (Å²) in [5.74, 6) is 1.24. The summed E-state index contributed by atoms with van der Waals surface area (Å²) in [5, 5.41) is 9.54. The van der Waals surface area contributed by atoms with Gasteiger partial charge in [-0.3, -0.25) is 0 Å². The Bertz CT molecular complexity index is 566. The van der Waals surface area contributed by atoms with Gasteiger partial charge in [-0.05, 0) is 54.7 Å². The smallest absolute Gasteiger partial charge is 0.119 e. The van der Waals surface area contributed by atoms with Crippen molar-refractivity contribution in [2.45, 2.75) is 45.4 Å². The number of benzene rings is 2. The molecule has 0 atom stereocenters. The Morgan fingerprint density at radius 2 is 1.32 bits per heavy atom. The van der Waals surface area contributed by atoms with Crippen molar-refractivity contribution < 1.29 is 9.84 Å². The van der Waals surface area contributed by atoms with E-state index in [4.69, 9.17) is 4.74 Å². The molecule has 0 heterocycles. The third kappa shape index (κ3) is 3.27. The zero-order valence-electron chi connectivity index (χ0n) is 13.8. The van der Waals surface area contributed by atoms with Crippen molar-refractivity contribution in [3.05, 3.63) is 59.7 Å². The maximum atomic E-state index is 9.54. The van der Waals surface area contributed by atoms with Crippen LogP contribution in [0.25, 0.3) is 0 Å². The van der Waals surface area contributed by atoms with Crippen LogP contribution in [0.2, 0.25) is 0 Å². The van der Waals surface area contributed by atoms with Gasteiger partial charge in [0, 0.05) is 5.41 Å². The molecule has 0 aliphatic rings. The highest BCUT2D eigenvalue weighted by molar-refractivity contribution is 5.43. The number of ether oxygens (including phenoxy) is 1. The van der Waals surface area contributed by atoms with E-state index in [1.54, 1.807) is 12.1 Å². The van der Waals surface area contributed by atoms with Crippen LogP contribution >= 0.6 is 0 Å². The Balaban J connectivity index is 2.36. The standard InChI is InChI=1S/C20H26O2/c1-4-15-22-19-13-9-17(10-14-19)20(5-2,6-3)16-7-11-18(21)12-8-16/h7-14,21H,4-6,15H2,1-3H3. The molecule has 2 aromatic carbocycles. The second-order valence-corrected chi connectivity index (χ2v) is 5.71. The zero-order chi connectivity index (χ0) is 16.0. The summed E-state index contributed by atoms with van der Waals surface area (Å²) in [5.41, 5.74) is 2.53. The SMILES string of the molecule is CCCOc1ccc(C(CC)(CC)c2ccc(O)cc2)cc1. The molecule has 2 aromatic rings. The molecule has 1 N–H and O–H groups in total. The lowest BCUT2D eigenvalue weighted by molar-refractivity contribution is 0.317.